The van der Waals surface area contributed by atoms with Crippen LogP contribution in [-0.2, 0) is 4.79 Å². The number of aromatic nitrogens is 1. The van der Waals surface area contributed by atoms with Gasteiger partial charge in [-0.05, 0) is 61.4 Å². The number of carbonyl (C=O) groups is 2. The molecule has 0 atom stereocenters. The summed E-state index contributed by atoms with van der Waals surface area (Å²) in [7, 11) is 0. The van der Waals surface area contributed by atoms with Crippen molar-refractivity contribution in [3.63, 3.8) is 0 Å². The van der Waals surface area contributed by atoms with Crippen LogP contribution in [-0.4, -0.2) is 28.2 Å². The van der Waals surface area contributed by atoms with Crippen molar-refractivity contribution in [2.24, 2.45) is 0 Å². The summed E-state index contributed by atoms with van der Waals surface area (Å²) in [6, 6.07) is 14.6. The molecule has 5 heteroatoms. The molecule has 0 fully saturated rings. The van der Waals surface area contributed by atoms with E-state index in [0.717, 1.165) is 53.2 Å². The van der Waals surface area contributed by atoms with E-state index in [1.54, 1.807) is 22.8 Å². The van der Waals surface area contributed by atoms with Gasteiger partial charge in [-0.1, -0.05) is 31.9 Å². The first-order valence-electron chi connectivity index (χ1n) is 9.81. The van der Waals surface area contributed by atoms with Gasteiger partial charge in [-0.15, -0.1) is 0 Å². The SMILES string of the molecule is CCCCCOc1ccc(C(=O)n2c(C)cc3c(C=CC(=O)O)cccc32)cc1. The first kappa shape index (κ1) is 20.4. The molecule has 29 heavy (non-hydrogen) atoms. The Bertz CT molecular complexity index is 1040. The van der Waals surface area contributed by atoms with Gasteiger partial charge in [0.1, 0.15) is 5.75 Å². The van der Waals surface area contributed by atoms with E-state index in [1.165, 1.54) is 0 Å². The highest BCUT2D eigenvalue weighted by Gasteiger charge is 2.16. The summed E-state index contributed by atoms with van der Waals surface area (Å²) in [6.07, 6.45) is 5.95. The summed E-state index contributed by atoms with van der Waals surface area (Å²) in [5.41, 5.74) is 2.87. The van der Waals surface area contributed by atoms with Gasteiger partial charge in [-0.2, -0.15) is 0 Å². The average Bonchev–Trinajstić information content (AvgIpc) is 3.06. The van der Waals surface area contributed by atoms with E-state index in [1.807, 2.05) is 43.3 Å². The van der Waals surface area contributed by atoms with Crippen LogP contribution in [0.25, 0.3) is 17.0 Å². The molecule has 150 valence electrons. The van der Waals surface area contributed by atoms with E-state index in [2.05, 4.69) is 6.92 Å². The van der Waals surface area contributed by atoms with Crippen molar-refractivity contribution in [3.05, 3.63) is 71.4 Å². The lowest BCUT2D eigenvalue weighted by Crippen LogP contribution is -2.13. The van der Waals surface area contributed by atoms with Crippen LogP contribution in [0.1, 0.15) is 47.8 Å². The molecule has 0 saturated carbocycles. The molecule has 5 nitrogen and oxygen atoms in total. The van der Waals surface area contributed by atoms with Crippen molar-refractivity contribution in [1.29, 1.82) is 0 Å². The monoisotopic (exact) mass is 391 g/mol. The Labute approximate surface area is 170 Å². The Hall–Kier alpha value is -3.34. The van der Waals surface area contributed by atoms with E-state index in [0.29, 0.717) is 12.2 Å². The summed E-state index contributed by atoms with van der Waals surface area (Å²) in [5, 5.41) is 9.73. The average molecular weight is 391 g/mol. The maximum atomic E-state index is 13.1. The number of benzene rings is 2. The van der Waals surface area contributed by atoms with Crippen molar-refractivity contribution in [1.82, 2.24) is 4.57 Å². The molecule has 1 heterocycles. The quantitative estimate of drug-likeness (QED) is 0.418. The molecule has 0 unspecified atom stereocenters. The van der Waals surface area contributed by atoms with Crippen LogP contribution < -0.4 is 4.74 Å². The number of nitrogens with zero attached hydrogens (tertiary/aromatic N) is 1. The fourth-order valence-corrected chi connectivity index (χ4v) is 3.33. The zero-order chi connectivity index (χ0) is 20.8. The minimum atomic E-state index is -1.01. The number of hydrogen-bond donors (Lipinski definition) is 1. The van der Waals surface area contributed by atoms with Crippen LogP contribution in [0.5, 0.6) is 5.75 Å². The molecule has 1 N–H and O–H groups in total. The first-order chi connectivity index (χ1) is 14.0. The maximum Gasteiger partial charge on any atom is 0.328 e. The molecule has 0 saturated heterocycles. The van der Waals surface area contributed by atoms with Gasteiger partial charge >= 0.3 is 5.97 Å². The van der Waals surface area contributed by atoms with Gasteiger partial charge in [0.15, 0.2) is 0 Å². The van der Waals surface area contributed by atoms with Crippen LogP contribution >= 0.6 is 0 Å². The molecule has 2 aromatic carbocycles. The second-order valence-corrected chi connectivity index (χ2v) is 6.96. The van der Waals surface area contributed by atoms with E-state index in [9.17, 15) is 9.59 Å². The number of aliphatic carboxylic acids is 1. The number of ether oxygens (including phenoxy) is 1. The predicted molar refractivity (Wildman–Crippen MR) is 115 cm³/mol. The normalized spacial score (nSPS) is 11.2. The Morgan fingerprint density at radius 2 is 1.86 bits per heavy atom. The third kappa shape index (κ3) is 4.74. The van der Waals surface area contributed by atoms with Crippen LogP contribution in [0.3, 0.4) is 0 Å². The third-order valence-corrected chi connectivity index (χ3v) is 4.79. The lowest BCUT2D eigenvalue weighted by molar-refractivity contribution is -0.131. The number of carbonyl (C=O) groups excluding carboxylic acids is 1. The molecule has 1 aromatic heterocycles. The minimum absolute atomic E-state index is 0.130. The largest absolute Gasteiger partial charge is 0.494 e. The van der Waals surface area contributed by atoms with Gasteiger partial charge in [0.05, 0.1) is 12.1 Å². The van der Waals surface area contributed by atoms with Crippen molar-refractivity contribution >= 4 is 28.9 Å². The number of hydrogen-bond acceptors (Lipinski definition) is 3. The highest BCUT2D eigenvalue weighted by molar-refractivity contribution is 6.05. The number of unbranched alkanes of at least 4 members (excludes halogenated alkanes) is 2. The smallest absolute Gasteiger partial charge is 0.328 e. The van der Waals surface area contributed by atoms with Crippen molar-refractivity contribution < 1.29 is 19.4 Å². The number of aryl methyl sites for hydroxylation is 1. The number of fused-ring (bicyclic) bond motifs is 1. The predicted octanol–water partition coefficient (Wildman–Crippen LogP) is 5.31. The fraction of sp³-hybridized carbons (Fsp3) is 0.250. The van der Waals surface area contributed by atoms with Gasteiger partial charge in [0, 0.05) is 22.7 Å². The van der Waals surface area contributed by atoms with Gasteiger partial charge in [0.25, 0.3) is 5.91 Å². The van der Waals surface area contributed by atoms with Crippen LogP contribution in [0.2, 0.25) is 0 Å². The Balaban J connectivity index is 1.86. The fourth-order valence-electron chi connectivity index (χ4n) is 3.33. The second-order valence-electron chi connectivity index (χ2n) is 6.96. The van der Waals surface area contributed by atoms with Crippen LogP contribution in [0.4, 0.5) is 0 Å². The third-order valence-electron chi connectivity index (χ3n) is 4.79. The Morgan fingerprint density at radius 1 is 1.10 bits per heavy atom. The number of carboxylic acid groups (broad SMARTS) is 1. The zero-order valence-electron chi connectivity index (χ0n) is 16.7. The van der Waals surface area contributed by atoms with Crippen LogP contribution in [0, 0.1) is 6.92 Å². The van der Waals surface area contributed by atoms with Gasteiger partial charge < -0.3 is 9.84 Å². The van der Waals surface area contributed by atoms with Gasteiger partial charge in [0.2, 0.25) is 0 Å². The molecular formula is C24H25NO4. The molecule has 0 amide bonds. The summed E-state index contributed by atoms with van der Waals surface area (Å²) < 4.78 is 7.37. The van der Waals surface area contributed by atoms with E-state index in [-0.39, 0.29) is 5.91 Å². The standard InChI is InChI=1S/C24H25NO4/c1-3-4-5-15-29-20-12-9-19(10-13-20)24(28)25-17(2)16-21-18(11-14-23(26)27)7-6-8-22(21)25/h6-14,16H,3-5,15H2,1-2H3,(H,26,27). The van der Waals surface area contributed by atoms with Gasteiger partial charge in [-0.3, -0.25) is 9.36 Å². The minimum Gasteiger partial charge on any atom is -0.494 e. The zero-order valence-corrected chi connectivity index (χ0v) is 16.7. The van der Waals surface area contributed by atoms with Crippen molar-refractivity contribution in [3.8, 4) is 5.75 Å². The summed E-state index contributed by atoms with van der Waals surface area (Å²) >= 11 is 0. The lowest BCUT2D eigenvalue weighted by Gasteiger charge is -2.09. The first-order valence-corrected chi connectivity index (χ1v) is 9.81. The molecule has 3 rings (SSSR count). The lowest BCUT2D eigenvalue weighted by atomic mass is 10.1. The second kappa shape index (κ2) is 9.24. The molecule has 0 aliphatic carbocycles. The van der Waals surface area contributed by atoms with Gasteiger partial charge in [-0.25, -0.2) is 4.79 Å². The molecule has 0 radical (unpaired) electrons. The van der Waals surface area contributed by atoms with E-state index < -0.39 is 5.97 Å². The topological polar surface area (TPSA) is 68.5 Å². The molecule has 0 spiro atoms. The Kier molecular flexibility index (Phi) is 6.50. The molecule has 0 aliphatic heterocycles. The summed E-state index contributed by atoms with van der Waals surface area (Å²) in [5.74, 6) is -0.381. The molecule has 3 aromatic rings. The Morgan fingerprint density at radius 3 is 2.55 bits per heavy atom. The van der Waals surface area contributed by atoms with Crippen molar-refractivity contribution in [2.45, 2.75) is 33.1 Å². The highest BCUT2D eigenvalue weighted by atomic mass is 16.5. The van der Waals surface area contributed by atoms with E-state index >= 15 is 0 Å². The van der Waals surface area contributed by atoms with Crippen molar-refractivity contribution in [2.75, 3.05) is 6.61 Å². The number of rotatable bonds is 8. The maximum absolute atomic E-state index is 13.1. The highest BCUT2D eigenvalue weighted by Crippen LogP contribution is 2.26. The molecular weight excluding hydrogens is 366 g/mol. The number of carboxylic acids is 1. The summed E-state index contributed by atoms with van der Waals surface area (Å²) in [4.78, 5) is 24.0. The van der Waals surface area contributed by atoms with Crippen LogP contribution in [0.15, 0.2) is 54.6 Å². The molecule has 0 bridgehead atoms. The summed E-state index contributed by atoms with van der Waals surface area (Å²) in [6.45, 7) is 4.70. The molecule has 0 aliphatic rings. The van der Waals surface area contributed by atoms with E-state index in [4.69, 9.17) is 9.84 Å².